The quantitative estimate of drug-likeness (QED) is 0.813. The Balaban J connectivity index is 1.98. The van der Waals surface area contributed by atoms with Gasteiger partial charge < -0.3 is 5.32 Å². The van der Waals surface area contributed by atoms with Crippen LogP contribution in [-0.2, 0) is 4.79 Å². The Bertz CT molecular complexity index is 676. The number of nitrogens with zero attached hydrogens (tertiary/aromatic N) is 2. The average molecular weight is 330 g/mol. The molecular weight excluding hydrogens is 310 g/mol. The number of anilines is 1. The molecule has 0 aliphatic heterocycles. The minimum atomic E-state index is -0.0472. The number of amides is 1. The molecule has 2 atom stereocenters. The molecule has 0 radical (unpaired) electrons. The van der Waals surface area contributed by atoms with Gasteiger partial charge in [-0.25, -0.2) is 4.98 Å². The third-order valence-corrected chi connectivity index (χ3v) is 5.14. The van der Waals surface area contributed by atoms with E-state index in [9.17, 15) is 4.79 Å². The van der Waals surface area contributed by atoms with E-state index in [0.717, 1.165) is 19.3 Å². The zero-order chi connectivity index (χ0) is 16.8. The van der Waals surface area contributed by atoms with E-state index in [2.05, 4.69) is 17.2 Å². The summed E-state index contributed by atoms with van der Waals surface area (Å²) in [5.41, 5.74) is 6.28. The smallest absolute Gasteiger partial charge is 0.289 e. The van der Waals surface area contributed by atoms with Crippen LogP contribution in [0.3, 0.4) is 0 Å². The number of carbonyl (C=O) groups excluding carboxylic acids is 1. The first-order valence-electron chi connectivity index (χ1n) is 7.63. The van der Waals surface area contributed by atoms with Crippen LogP contribution >= 0.6 is 11.8 Å². The fourth-order valence-electron chi connectivity index (χ4n) is 2.75. The van der Waals surface area contributed by atoms with Gasteiger partial charge in [-0.15, -0.1) is 0 Å². The summed E-state index contributed by atoms with van der Waals surface area (Å²) in [6, 6.07) is 5.62. The third-order valence-electron chi connectivity index (χ3n) is 4.12. The second kappa shape index (κ2) is 7.85. The van der Waals surface area contributed by atoms with Crippen molar-refractivity contribution < 1.29 is 9.78 Å². The topological polar surface area (TPSA) is 117 Å². The van der Waals surface area contributed by atoms with Gasteiger partial charge in [-0.05, 0) is 24.8 Å². The van der Waals surface area contributed by atoms with Crippen LogP contribution in [0.25, 0.3) is 0 Å². The zero-order valence-corrected chi connectivity index (χ0v) is 13.9. The first-order chi connectivity index (χ1) is 11.0. The van der Waals surface area contributed by atoms with Crippen LogP contribution in [0.1, 0.15) is 43.7 Å². The average Bonchev–Trinajstić information content (AvgIpc) is 2.55. The van der Waals surface area contributed by atoms with Crippen LogP contribution < -0.4 is 16.0 Å². The number of H-pyrrole nitrogens is 1. The van der Waals surface area contributed by atoms with E-state index < -0.39 is 0 Å². The molecule has 23 heavy (non-hydrogen) atoms. The molecule has 0 spiro atoms. The van der Waals surface area contributed by atoms with E-state index in [1.165, 1.54) is 24.2 Å². The van der Waals surface area contributed by atoms with Crippen molar-refractivity contribution in [3.63, 3.8) is 0 Å². The monoisotopic (exact) mass is 330 g/mol. The molecule has 6 nitrogen and oxygen atoms in total. The van der Waals surface area contributed by atoms with Crippen molar-refractivity contribution in [3.8, 4) is 12.1 Å². The molecule has 1 aliphatic rings. The van der Waals surface area contributed by atoms with Gasteiger partial charge in [0.25, 0.3) is 5.82 Å². The summed E-state index contributed by atoms with van der Waals surface area (Å²) in [5.74, 6) is 0.869. The van der Waals surface area contributed by atoms with Crippen LogP contribution in [0.2, 0.25) is 0 Å². The van der Waals surface area contributed by atoms with Gasteiger partial charge in [0, 0.05) is 6.04 Å². The molecule has 0 unspecified atom stereocenters. The number of nitrogens with two attached hydrogens (primary N) is 1. The number of nitrogen functional groups attached to an aromatic ring is 1. The highest BCUT2D eigenvalue weighted by Gasteiger charge is 2.23. The number of hydrogen-bond acceptors (Lipinski definition) is 5. The van der Waals surface area contributed by atoms with Gasteiger partial charge in [0.15, 0.2) is 5.03 Å². The lowest BCUT2D eigenvalue weighted by Gasteiger charge is -2.29. The second-order valence-electron chi connectivity index (χ2n) is 5.79. The summed E-state index contributed by atoms with van der Waals surface area (Å²) in [4.78, 5) is 15.0. The Morgan fingerprint density at radius 2 is 2.09 bits per heavy atom. The SMILES string of the molecule is C[C@H]1CCCC[C@H]1NC(=O)CSc1[nH+]c(N)c(C#N)cc1C#N. The molecule has 1 amide bonds. The highest BCUT2D eigenvalue weighted by molar-refractivity contribution is 7.99. The van der Waals surface area contributed by atoms with Crippen molar-refractivity contribution in [1.82, 2.24) is 5.32 Å². The standard InChI is InChI=1S/C16H19N5OS/c1-10-4-2-3-5-13(10)20-14(22)9-23-16-12(8-18)6-11(7-17)15(19)21-16/h6,10,13H,2-5,9H2,1H3,(H2,19,21)(H,20,22)/p+1/t10-,13+/m0/s1. The normalized spacial score (nSPS) is 20.3. The van der Waals surface area contributed by atoms with Crippen molar-refractivity contribution in [2.24, 2.45) is 5.92 Å². The van der Waals surface area contributed by atoms with Crippen molar-refractivity contribution in [2.45, 2.75) is 43.7 Å². The van der Waals surface area contributed by atoms with Crippen molar-refractivity contribution in [2.75, 3.05) is 11.5 Å². The van der Waals surface area contributed by atoms with Crippen LogP contribution in [0.15, 0.2) is 11.1 Å². The lowest BCUT2D eigenvalue weighted by Crippen LogP contribution is -2.41. The maximum absolute atomic E-state index is 12.1. The summed E-state index contributed by atoms with van der Waals surface area (Å²) >= 11 is 1.22. The van der Waals surface area contributed by atoms with Crippen molar-refractivity contribution >= 4 is 23.5 Å². The first-order valence-corrected chi connectivity index (χ1v) is 8.62. The maximum Gasteiger partial charge on any atom is 0.289 e. The Kier molecular flexibility index (Phi) is 5.84. The number of thioether (sulfide) groups is 1. The van der Waals surface area contributed by atoms with Crippen LogP contribution in [0.5, 0.6) is 0 Å². The zero-order valence-electron chi connectivity index (χ0n) is 13.1. The minimum absolute atomic E-state index is 0.0472. The van der Waals surface area contributed by atoms with E-state index in [4.69, 9.17) is 16.3 Å². The Labute approximate surface area is 140 Å². The van der Waals surface area contributed by atoms with Gasteiger partial charge in [0.05, 0.1) is 5.75 Å². The number of rotatable bonds is 4. The van der Waals surface area contributed by atoms with E-state index in [0.29, 0.717) is 16.5 Å². The molecule has 4 N–H and O–H groups in total. The molecule has 1 fully saturated rings. The summed E-state index contributed by atoms with van der Waals surface area (Å²) in [5, 5.41) is 21.7. The van der Waals surface area contributed by atoms with Gasteiger partial charge in [-0.2, -0.15) is 10.5 Å². The van der Waals surface area contributed by atoms with E-state index >= 15 is 0 Å². The Morgan fingerprint density at radius 1 is 1.39 bits per heavy atom. The maximum atomic E-state index is 12.1. The third kappa shape index (κ3) is 4.37. The largest absolute Gasteiger partial charge is 0.352 e. The van der Waals surface area contributed by atoms with E-state index in [1.54, 1.807) is 0 Å². The molecule has 1 aliphatic carbocycles. The highest BCUT2D eigenvalue weighted by Crippen LogP contribution is 2.24. The van der Waals surface area contributed by atoms with Gasteiger partial charge in [-0.1, -0.05) is 31.5 Å². The molecule has 0 aromatic carbocycles. The van der Waals surface area contributed by atoms with Gasteiger partial charge in [0.2, 0.25) is 5.91 Å². The number of hydrogen-bond donors (Lipinski definition) is 2. The lowest BCUT2D eigenvalue weighted by molar-refractivity contribution is -0.410. The van der Waals surface area contributed by atoms with Crippen LogP contribution in [0, 0.1) is 28.6 Å². The lowest BCUT2D eigenvalue weighted by atomic mass is 9.86. The minimum Gasteiger partial charge on any atom is -0.352 e. The van der Waals surface area contributed by atoms with Gasteiger partial charge >= 0.3 is 0 Å². The highest BCUT2D eigenvalue weighted by atomic mass is 32.2. The molecule has 120 valence electrons. The molecule has 0 bridgehead atoms. The van der Waals surface area contributed by atoms with Crippen LogP contribution in [0.4, 0.5) is 5.82 Å². The molecule has 1 aromatic rings. The molecule has 1 heterocycles. The number of aromatic amines is 1. The Hall–Kier alpha value is -2.25. The predicted molar refractivity (Wildman–Crippen MR) is 87.1 cm³/mol. The number of pyridine rings is 1. The summed E-state index contributed by atoms with van der Waals surface area (Å²) in [6.45, 7) is 2.17. The summed E-state index contributed by atoms with van der Waals surface area (Å²) < 4.78 is 0. The summed E-state index contributed by atoms with van der Waals surface area (Å²) in [6.07, 6.45) is 4.56. The van der Waals surface area contributed by atoms with Crippen molar-refractivity contribution in [3.05, 3.63) is 17.2 Å². The fraction of sp³-hybridized carbons (Fsp3) is 0.500. The number of nitriles is 2. The van der Waals surface area contributed by atoms with E-state index in [1.807, 2.05) is 12.1 Å². The predicted octanol–water partition coefficient (Wildman–Crippen LogP) is 1.61. The second-order valence-corrected chi connectivity index (χ2v) is 6.77. The molecule has 2 rings (SSSR count). The molecule has 1 aromatic heterocycles. The molecule has 1 saturated carbocycles. The molecule has 7 heteroatoms. The van der Waals surface area contributed by atoms with Gasteiger partial charge in [0.1, 0.15) is 23.3 Å². The Morgan fingerprint density at radius 3 is 2.74 bits per heavy atom. The number of aromatic nitrogens is 1. The molecule has 0 saturated heterocycles. The fourth-order valence-corrected chi connectivity index (χ4v) is 3.55. The molecular formula is C16H20N5OS+. The number of carbonyl (C=O) groups is 1. The van der Waals surface area contributed by atoms with E-state index in [-0.39, 0.29) is 29.1 Å². The van der Waals surface area contributed by atoms with Crippen LogP contribution in [-0.4, -0.2) is 17.7 Å². The van der Waals surface area contributed by atoms with Crippen molar-refractivity contribution in [1.29, 1.82) is 10.5 Å². The number of nitrogens with one attached hydrogen (secondary N) is 2. The summed E-state index contributed by atoms with van der Waals surface area (Å²) in [7, 11) is 0. The van der Waals surface area contributed by atoms with Gasteiger partial charge in [-0.3, -0.25) is 10.5 Å². The first kappa shape index (κ1) is 17.1.